The minimum atomic E-state index is 0.667. The summed E-state index contributed by atoms with van der Waals surface area (Å²) in [7, 11) is 0. The van der Waals surface area contributed by atoms with Gasteiger partial charge in [-0.3, -0.25) is 0 Å². The van der Waals surface area contributed by atoms with E-state index in [2.05, 4.69) is 36.3 Å². The molecule has 2 unspecified atom stereocenters. The minimum absolute atomic E-state index is 0.667. The quantitative estimate of drug-likeness (QED) is 0.657. The molecule has 1 rings (SSSR count). The Morgan fingerprint density at radius 2 is 2.12 bits per heavy atom. The zero-order chi connectivity index (χ0) is 11.8. The molecule has 1 aliphatic heterocycles. The van der Waals surface area contributed by atoms with Gasteiger partial charge in [0.15, 0.2) is 0 Å². The van der Waals surface area contributed by atoms with Crippen molar-refractivity contribution in [2.24, 2.45) is 0 Å². The van der Waals surface area contributed by atoms with E-state index in [0.29, 0.717) is 12.1 Å². The van der Waals surface area contributed by atoms with E-state index in [0.717, 1.165) is 6.54 Å². The molecule has 0 saturated carbocycles. The van der Waals surface area contributed by atoms with Crippen molar-refractivity contribution in [3.05, 3.63) is 0 Å². The van der Waals surface area contributed by atoms with E-state index in [4.69, 9.17) is 0 Å². The third-order valence-corrected chi connectivity index (χ3v) is 3.59. The van der Waals surface area contributed by atoms with Crippen LogP contribution in [0.2, 0.25) is 0 Å². The van der Waals surface area contributed by atoms with Crippen molar-refractivity contribution in [2.75, 3.05) is 32.7 Å². The molecule has 0 amide bonds. The normalized spacial score (nSPS) is 22.9. The van der Waals surface area contributed by atoms with Crippen LogP contribution in [0.15, 0.2) is 0 Å². The first-order chi connectivity index (χ1) is 7.76. The standard InChI is InChI=1S/C13H29N3/c1-4-16(5-2)10-6-7-12(3)15-13-8-9-14-11-13/h12-15H,4-11H2,1-3H3. The average Bonchev–Trinajstić information content (AvgIpc) is 2.77. The van der Waals surface area contributed by atoms with Gasteiger partial charge in [0.05, 0.1) is 0 Å². The smallest absolute Gasteiger partial charge is 0.0207 e. The highest BCUT2D eigenvalue weighted by molar-refractivity contribution is 4.79. The predicted octanol–water partition coefficient (Wildman–Crippen LogP) is 1.45. The van der Waals surface area contributed by atoms with Gasteiger partial charge in [-0.25, -0.2) is 0 Å². The predicted molar refractivity (Wildman–Crippen MR) is 70.9 cm³/mol. The van der Waals surface area contributed by atoms with Gasteiger partial charge in [0.25, 0.3) is 0 Å². The molecule has 1 saturated heterocycles. The summed E-state index contributed by atoms with van der Waals surface area (Å²) >= 11 is 0. The van der Waals surface area contributed by atoms with E-state index >= 15 is 0 Å². The lowest BCUT2D eigenvalue weighted by Crippen LogP contribution is -2.38. The Balaban J connectivity index is 2.02. The van der Waals surface area contributed by atoms with Gasteiger partial charge >= 0.3 is 0 Å². The van der Waals surface area contributed by atoms with E-state index in [1.807, 2.05) is 0 Å². The first-order valence-electron chi connectivity index (χ1n) is 6.95. The zero-order valence-corrected chi connectivity index (χ0v) is 11.3. The molecule has 0 aromatic carbocycles. The fourth-order valence-corrected chi connectivity index (χ4v) is 2.44. The van der Waals surface area contributed by atoms with Crippen molar-refractivity contribution in [1.82, 2.24) is 15.5 Å². The van der Waals surface area contributed by atoms with Crippen LogP contribution in [0.4, 0.5) is 0 Å². The molecule has 1 heterocycles. The minimum Gasteiger partial charge on any atom is -0.315 e. The highest BCUT2D eigenvalue weighted by Gasteiger charge is 2.15. The van der Waals surface area contributed by atoms with Crippen LogP contribution in [0.25, 0.3) is 0 Å². The molecule has 16 heavy (non-hydrogen) atoms. The van der Waals surface area contributed by atoms with Gasteiger partial charge in [-0.15, -0.1) is 0 Å². The molecule has 3 nitrogen and oxygen atoms in total. The third kappa shape index (κ3) is 5.28. The SMILES string of the molecule is CCN(CC)CCCC(C)NC1CCNC1. The Hall–Kier alpha value is -0.120. The molecular weight excluding hydrogens is 198 g/mol. The van der Waals surface area contributed by atoms with Gasteiger partial charge in [-0.05, 0) is 52.4 Å². The largest absolute Gasteiger partial charge is 0.315 e. The molecule has 2 N–H and O–H groups in total. The van der Waals surface area contributed by atoms with Gasteiger partial charge in [0.1, 0.15) is 0 Å². The highest BCUT2D eigenvalue weighted by Crippen LogP contribution is 2.04. The van der Waals surface area contributed by atoms with Gasteiger partial charge in [0.2, 0.25) is 0 Å². The molecule has 0 aromatic heterocycles. The van der Waals surface area contributed by atoms with Crippen LogP contribution in [-0.4, -0.2) is 49.7 Å². The Labute approximate surface area is 101 Å². The number of hydrogen-bond donors (Lipinski definition) is 2. The van der Waals surface area contributed by atoms with E-state index < -0.39 is 0 Å². The Morgan fingerprint density at radius 3 is 2.69 bits per heavy atom. The van der Waals surface area contributed by atoms with E-state index in [-0.39, 0.29) is 0 Å². The van der Waals surface area contributed by atoms with Crippen LogP contribution < -0.4 is 10.6 Å². The highest BCUT2D eigenvalue weighted by atomic mass is 15.1. The summed E-state index contributed by atoms with van der Waals surface area (Å²) in [5.74, 6) is 0. The summed E-state index contributed by atoms with van der Waals surface area (Å²) < 4.78 is 0. The number of nitrogens with one attached hydrogen (secondary N) is 2. The van der Waals surface area contributed by atoms with Gasteiger partial charge in [-0.2, -0.15) is 0 Å². The van der Waals surface area contributed by atoms with Gasteiger partial charge < -0.3 is 15.5 Å². The maximum absolute atomic E-state index is 3.71. The summed E-state index contributed by atoms with van der Waals surface area (Å²) in [5, 5.41) is 7.11. The fraction of sp³-hybridized carbons (Fsp3) is 1.00. The van der Waals surface area contributed by atoms with Crippen molar-refractivity contribution in [1.29, 1.82) is 0 Å². The lowest BCUT2D eigenvalue weighted by molar-refractivity contribution is 0.288. The summed E-state index contributed by atoms with van der Waals surface area (Å²) in [5.41, 5.74) is 0. The van der Waals surface area contributed by atoms with E-state index in [1.165, 1.54) is 45.4 Å². The molecular formula is C13H29N3. The molecule has 96 valence electrons. The lowest BCUT2D eigenvalue weighted by atomic mass is 10.1. The number of hydrogen-bond acceptors (Lipinski definition) is 3. The van der Waals surface area contributed by atoms with Crippen molar-refractivity contribution in [3.8, 4) is 0 Å². The number of nitrogens with zero attached hydrogens (tertiary/aromatic N) is 1. The zero-order valence-electron chi connectivity index (χ0n) is 11.3. The van der Waals surface area contributed by atoms with Crippen molar-refractivity contribution < 1.29 is 0 Å². The van der Waals surface area contributed by atoms with Crippen LogP contribution in [0, 0.1) is 0 Å². The van der Waals surface area contributed by atoms with Crippen LogP contribution in [-0.2, 0) is 0 Å². The molecule has 1 aliphatic rings. The number of rotatable bonds is 8. The molecule has 0 aromatic rings. The Morgan fingerprint density at radius 1 is 1.38 bits per heavy atom. The second-order valence-electron chi connectivity index (χ2n) is 4.93. The molecule has 1 fully saturated rings. The topological polar surface area (TPSA) is 27.3 Å². The summed E-state index contributed by atoms with van der Waals surface area (Å²) in [4.78, 5) is 2.50. The monoisotopic (exact) mass is 227 g/mol. The molecule has 0 radical (unpaired) electrons. The summed E-state index contributed by atoms with van der Waals surface area (Å²) in [6.07, 6.45) is 3.91. The van der Waals surface area contributed by atoms with Crippen molar-refractivity contribution in [3.63, 3.8) is 0 Å². The second-order valence-corrected chi connectivity index (χ2v) is 4.93. The Kier molecular flexibility index (Phi) is 7.01. The third-order valence-electron chi connectivity index (χ3n) is 3.59. The molecule has 0 spiro atoms. The van der Waals surface area contributed by atoms with Gasteiger partial charge in [-0.1, -0.05) is 13.8 Å². The van der Waals surface area contributed by atoms with E-state index in [1.54, 1.807) is 0 Å². The van der Waals surface area contributed by atoms with E-state index in [9.17, 15) is 0 Å². The van der Waals surface area contributed by atoms with Crippen LogP contribution >= 0.6 is 0 Å². The van der Waals surface area contributed by atoms with Crippen molar-refractivity contribution in [2.45, 2.75) is 52.1 Å². The fourth-order valence-electron chi connectivity index (χ4n) is 2.44. The lowest BCUT2D eigenvalue weighted by Gasteiger charge is -2.21. The average molecular weight is 227 g/mol. The molecule has 0 bridgehead atoms. The van der Waals surface area contributed by atoms with Crippen LogP contribution in [0.3, 0.4) is 0 Å². The summed E-state index contributed by atoms with van der Waals surface area (Å²) in [6, 6.07) is 1.38. The maximum atomic E-state index is 3.71. The maximum Gasteiger partial charge on any atom is 0.0207 e. The molecule has 2 atom stereocenters. The first kappa shape index (κ1) is 13.9. The second kappa shape index (κ2) is 8.04. The first-order valence-corrected chi connectivity index (χ1v) is 6.95. The van der Waals surface area contributed by atoms with Crippen LogP contribution in [0.5, 0.6) is 0 Å². The molecule has 3 heteroatoms. The van der Waals surface area contributed by atoms with Gasteiger partial charge in [0, 0.05) is 18.6 Å². The Bertz CT molecular complexity index is 163. The summed E-state index contributed by atoms with van der Waals surface area (Å²) in [6.45, 7) is 12.8. The molecule has 0 aliphatic carbocycles. The van der Waals surface area contributed by atoms with Crippen LogP contribution in [0.1, 0.15) is 40.0 Å². The van der Waals surface area contributed by atoms with Crippen molar-refractivity contribution >= 4 is 0 Å².